The average molecular weight is 672 g/mol. The standard InChI is InChI=1S/C16H12O4S.C10H13NO2.C8H16O5/c1-19-15(17)9-20-10-6-7-14-12(8-10)16(18)11-4-2-3-5-13(11)21-14;1-11(2)9-6-4-8(5-7-9)10(12)13-3;1-10-3-4-12-5-6-13-7-8(9)11-2/h2-8H,9H2,1H3;4-7H,1-3H3;3-7H2,1-2H3. The Labute approximate surface area is 277 Å². The van der Waals surface area contributed by atoms with Crippen molar-refractivity contribution in [2.75, 3.05) is 87.1 Å². The predicted molar refractivity (Wildman–Crippen MR) is 181 cm³/mol. The molecule has 0 aliphatic heterocycles. The van der Waals surface area contributed by atoms with Crippen LogP contribution in [0.15, 0.2) is 71.5 Å². The second kappa shape index (κ2) is 21.3. The molecule has 0 bridgehead atoms. The SMILES string of the molecule is COC(=O)COc1ccc2sc3ccccc3c(=O)c2c1.COC(=O)c1ccc(N(C)C)cc1.COCCOCCOCC(=O)OC. The highest BCUT2D eigenvalue weighted by molar-refractivity contribution is 7.24. The first-order valence-corrected chi connectivity index (χ1v) is 15.2. The lowest BCUT2D eigenvalue weighted by atomic mass is 10.2. The van der Waals surface area contributed by atoms with Gasteiger partial charge in [0.05, 0.1) is 53.3 Å². The van der Waals surface area contributed by atoms with Gasteiger partial charge in [-0.15, -0.1) is 11.3 Å². The van der Waals surface area contributed by atoms with Gasteiger partial charge in [-0.2, -0.15) is 0 Å². The maximum atomic E-state index is 12.5. The third-order valence-corrected chi connectivity index (χ3v) is 7.34. The third-order valence-electron chi connectivity index (χ3n) is 6.19. The summed E-state index contributed by atoms with van der Waals surface area (Å²) in [7, 11) is 9.51. The Morgan fingerprint density at radius 1 is 0.681 bits per heavy atom. The van der Waals surface area contributed by atoms with E-state index in [4.69, 9.17) is 18.9 Å². The highest BCUT2D eigenvalue weighted by Crippen LogP contribution is 2.27. The van der Waals surface area contributed by atoms with Gasteiger partial charge in [0, 0.05) is 47.1 Å². The normalized spacial score (nSPS) is 10.2. The second-order valence-electron chi connectivity index (χ2n) is 9.62. The fraction of sp³-hybridized carbons (Fsp3) is 0.353. The first kappa shape index (κ1) is 38.6. The van der Waals surface area contributed by atoms with Crippen LogP contribution in [-0.2, 0) is 38.0 Å². The molecule has 4 aromatic rings. The summed E-state index contributed by atoms with van der Waals surface area (Å²) in [6, 6.07) is 20.0. The van der Waals surface area contributed by atoms with Gasteiger partial charge >= 0.3 is 17.9 Å². The van der Waals surface area contributed by atoms with E-state index in [1.54, 1.807) is 42.7 Å². The van der Waals surface area contributed by atoms with Gasteiger partial charge in [-0.05, 0) is 54.6 Å². The summed E-state index contributed by atoms with van der Waals surface area (Å²) in [6.07, 6.45) is 0. The minimum Gasteiger partial charge on any atom is -0.482 e. The van der Waals surface area contributed by atoms with Crippen molar-refractivity contribution in [3.63, 3.8) is 0 Å². The Balaban J connectivity index is 0.000000259. The molecule has 0 aliphatic carbocycles. The van der Waals surface area contributed by atoms with Crippen LogP contribution in [0.25, 0.3) is 20.2 Å². The summed E-state index contributed by atoms with van der Waals surface area (Å²) in [5, 5.41) is 1.29. The number of methoxy groups -OCH3 is 4. The van der Waals surface area contributed by atoms with Crippen LogP contribution in [-0.4, -0.2) is 100 Å². The molecule has 0 saturated heterocycles. The van der Waals surface area contributed by atoms with E-state index < -0.39 is 5.97 Å². The first-order chi connectivity index (χ1) is 22.6. The number of hydrogen-bond acceptors (Lipinski definition) is 13. The van der Waals surface area contributed by atoms with Gasteiger partial charge in [-0.1, -0.05) is 12.1 Å². The van der Waals surface area contributed by atoms with Crippen LogP contribution < -0.4 is 15.1 Å². The largest absolute Gasteiger partial charge is 0.482 e. The van der Waals surface area contributed by atoms with Crippen LogP contribution in [0, 0.1) is 0 Å². The molecular weight excluding hydrogens is 630 g/mol. The van der Waals surface area contributed by atoms with Crippen molar-refractivity contribution in [3.8, 4) is 5.75 Å². The lowest BCUT2D eigenvalue weighted by molar-refractivity contribution is -0.146. The number of ether oxygens (including phenoxy) is 7. The van der Waals surface area contributed by atoms with E-state index in [9.17, 15) is 19.2 Å². The van der Waals surface area contributed by atoms with Crippen molar-refractivity contribution >= 4 is 55.1 Å². The number of nitrogens with zero attached hydrogens (tertiary/aromatic N) is 1. The summed E-state index contributed by atoms with van der Waals surface area (Å²) in [5.74, 6) is -0.659. The molecule has 3 aromatic carbocycles. The molecule has 0 unspecified atom stereocenters. The molecular formula is C34H41NO11S. The van der Waals surface area contributed by atoms with Crippen LogP contribution in [0.5, 0.6) is 5.75 Å². The van der Waals surface area contributed by atoms with Gasteiger partial charge in [-0.25, -0.2) is 14.4 Å². The molecule has 0 atom stereocenters. The quantitative estimate of drug-likeness (QED) is 0.0866. The molecule has 0 radical (unpaired) electrons. The van der Waals surface area contributed by atoms with Crippen molar-refractivity contribution in [1.82, 2.24) is 0 Å². The molecule has 0 N–H and O–H groups in total. The van der Waals surface area contributed by atoms with Crippen LogP contribution >= 0.6 is 11.3 Å². The van der Waals surface area contributed by atoms with E-state index in [1.165, 1.54) is 21.3 Å². The summed E-state index contributed by atoms with van der Waals surface area (Å²) in [6.45, 7) is 1.76. The van der Waals surface area contributed by atoms with Crippen molar-refractivity contribution in [3.05, 3.63) is 82.5 Å². The molecule has 0 aliphatic rings. The Hall–Kier alpha value is -4.56. The summed E-state index contributed by atoms with van der Waals surface area (Å²) in [5.41, 5.74) is 1.61. The fourth-order valence-electron chi connectivity index (χ4n) is 3.66. The highest BCUT2D eigenvalue weighted by Gasteiger charge is 2.08. The molecule has 0 spiro atoms. The van der Waals surface area contributed by atoms with Crippen molar-refractivity contribution in [1.29, 1.82) is 0 Å². The molecule has 0 fully saturated rings. The Morgan fingerprint density at radius 3 is 1.94 bits per heavy atom. The van der Waals surface area contributed by atoms with Gasteiger partial charge in [-0.3, -0.25) is 4.79 Å². The number of anilines is 1. The van der Waals surface area contributed by atoms with Crippen LogP contribution in [0.4, 0.5) is 5.69 Å². The van der Waals surface area contributed by atoms with E-state index in [1.807, 2.05) is 61.5 Å². The van der Waals surface area contributed by atoms with Gasteiger partial charge < -0.3 is 38.1 Å². The maximum Gasteiger partial charge on any atom is 0.343 e. The van der Waals surface area contributed by atoms with Gasteiger partial charge in [0.1, 0.15) is 12.4 Å². The molecule has 12 nitrogen and oxygen atoms in total. The average Bonchev–Trinajstić information content (AvgIpc) is 3.10. The van der Waals surface area contributed by atoms with E-state index in [0.29, 0.717) is 48.5 Å². The topological polar surface area (TPSA) is 136 Å². The zero-order valence-corrected chi connectivity index (χ0v) is 28.3. The van der Waals surface area contributed by atoms with Crippen LogP contribution in [0.1, 0.15) is 10.4 Å². The van der Waals surface area contributed by atoms with Crippen LogP contribution in [0.2, 0.25) is 0 Å². The number of benzene rings is 3. The van der Waals surface area contributed by atoms with Crippen molar-refractivity contribution < 1.29 is 47.5 Å². The van der Waals surface area contributed by atoms with E-state index in [0.717, 1.165) is 15.1 Å². The number of carbonyl (C=O) groups is 3. The first-order valence-electron chi connectivity index (χ1n) is 14.4. The monoisotopic (exact) mass is 671 g/mol. The molecule has 0 amide bonds. The zero-order chi connectivity index (χ0) is 34.6. The van der Waals surface area contributed by atoms with E-state index in [-0.39, 0.29) is 30.6 Å². The van der Waals surface area contributed by atoms with Gasteiger partial charge in [0.15, 0.2) is 12.0 Å². The Bertz CT molecular complexity index is 1620. The lowest BCUT2D eigenvalue weighted by Crippen LogP contribution is -2.14. The zero-order valence-electron chi connectivity index (χ0n) is 27.4. The predicted octanol–water partition coefficient (Wildman–Crippen LogP) is 4.34. The third kappa shape index (κ3) is 13.4. The van der Waals surface area contributed by atoms with Crippen molar-refractivity contribution in [2.45, 2.75) is 0 Å². The molecule has 1 aromatic heterocycles. The minimum atomic E-state index is -0.459. The molecule has 4 rings (SSSR count). The summed E-state index contributed by atoms with van der Waals surface area (Å²) in [4.78, 5) is 47.1. The van der Waals surface area contributed by atoms with E-state index >= 15 is 0 Å². The molecule has 254 valence electrons. The number of carbonyl (C=O) groups excluding carboxylic acids is 3. The summed E-state index contributed by atoms with van der Waals surface area (Å²) >= 11 is 1.56. The second-order valence-corrected chi connectivity index (χ2v) is 10.7. The van der Waals surface area contributed by atoms with E-state index in [2.05, 4.69) is 14.2 Å². The number of hydrogen-bond donors (Lipinski definition) is 0. The Morgan fingerprint density at radius 2 is 1.30 bits per heavy atom. The molecule has 1 heterocycles. The molecule has 13 heteroatoms. The van der Waals surface area contributed by atoms with Crippen LogP contribution in [0.3, 0.4) is 0 Å². The highest BCUT2D eigenvalue weighted by atomic mass is 32.1. The minimum absolute atomic E-state index is 0.0237. The van der Waals surface area contributed by atoms with Crippen molar-refractivity contribution in [2.24, 2.45) is 0 Å². The number of esters is 3. The van der Waals surface area contributed by atoms with Gasteiger partial charge in [0.2, 0.25) is 0 Å². The molecule has 0 saturated carbocycles. The smallest absolute Gasteiger partial charge is 0.343 e. The summed E-state index contributed by atoms with van der Waals surface area (Å²) < 4.78 is 35.4. The molecule has 47 heavy (non-hydrogen) atoms. The number of fused-ring (bicyclic) bond motifs is 2. The lowest BCUT2D eigenvalue weighted by Gasteiger charge is -2.11. The van der Waals surface area contributed by atoms with Gasteiger partial charge in [0.25, 0.3) is 0 Å². The maximum absolute atomic E-state index is 12.5. The fourth-order valence-corrected chi connectivity index (χ4v) is 4.72. The number of rotatable bonds is 13. The Kier molecular flexibility index (Phi) is 17.5.